The third kappa shape index (κ3) is 6.26. The number of nitrogens with zero attached hydrogens (tertiary/aromatic N) is 1. The number of amides is 1. The topological polar surface area (TPSA) is 92.5 Å². The molecule has 142 valence electrons. The van der Waals surface area contributed by atoms with Gasteiger partial charge in [0.25, 0.3) is 5.91 Å². The molecule has 3 N–H and O–H groups in total. The van der Waals surface area contributed by atoms with Gasteiger partial charge in [0.05, 0.1) is 4.90 Å². The summed E-state index contributed by atoms with van der Waals surface area (Å²) in [4.78, 5) is 14.3. The van der Waals surface area contributed by atoms with E-state index in [0.29, 0.717) is 31.1 Å². The maximum atomic E-state index is 12.6. The van der Waals surface area contributed by atoms with E-state index in [4.69, 9.17) is 5.73 Å². The van der Waals surface area contributed by atoms with Gasteiger partial charge < -0.3 is 10.6 Å². The minimum Gasteiger partial charge on any atom is -0.341 e. The number of nitrogens with one attached hydrogen (secondary N) is 1. The molecule has 1 aliphatic rings. The Bertz CT molecular complexity index is 703. The van der Waals surface area contributed by atoms with E-state index in [-0.39, 0.29) is 28.6 Å². The summed E-state index contributed by atoms with van der Waals surface area (Å²) in [7, 11) is -1.88. The van der Waals surface area contributed by atoms with Gasteiger partial charge in [-0.05, 0) is 48.9 Å². The molecule has 0 radical (unpaired) electrons. The molecular weight excluding hydrogens is 362 g/mol. The van der Waals surface area contributed by atoms with Crippen LogP contribution in [0.15, 0.2) is 29.2 Å². The summed E-state index contributed by atoms with van der Waals surface area (Å²) in [5.74, 6) is 0.241. The highest BCUT2D eigenvalue weighted by atomic mass is 35.5. The van der Waals surface area contributed by atoms with E-state index < -0.39 is 10.0 Å². The van der Waals surface area contributed by atoms with Crippen LogP contribution in [0, 0.1) is 11.3 Å². The van der Waals surface area contributed by atoms with Crippen LogP contribution in [0.3, 0.4) is 0 Å². The Morgan fingerprint density at radius 2 is 2.00 bits per heavy atom. The van der Waals surface area contributed by atoms with Crippen LogP contribution in [0.4, 0.5) is 0 Å². The van der Waals surface area contributed by atoms with Crippen LogP contribution in [0.1, 0.15) is 37.0 Å². The van der Waals surface area contributed by atoms with Gasteiger partial charge in [0, 0.05) is 25.7 Å². The Balaban J connectivity index is 0.00000312. The van der Waals surface area contributed by atoms with E-state index >= 15 is 0 Å². The lowest BCUT2D eigenvalue weighted by atomic mass is 9.93. The zero-order valence-corrected chi connectivity index (χ0v) is 16.6. The lowest BCUT2D eigenvalue weighted by molar-refractivity contribution is 0.0740. The van der Waals surface area contributed by atoms with Crippen molar-refractivity contribution < 1.29 is 13.2 Å². The van der Waals surface area contributed by atoms with Crippen molar-refractivity contribution in [2.75, 3.05) is 26.7 Å². The Labute approximate surface area is 156 Å². The Morgan fingerprint density at radius 3 is 2.56 bits per heavy atom. The van der Waals surface area contributed by atoms with E-state index in [1.807, 2.05) is 13.8 Å². The van der Waals surface area contributed by atoms with Crippen molar-refractivity contribution in [1.82, 2.24) is 9.62 Å². The van der Waals surface area contributed by atoms with Crippen molar-refractivity contribution in [3.8, 4) is 0 Å². The molecule has 1 aromatic carbocycles. The molecule has 1 amide bonds. The predicted molar refractivity (Wildman–Crippen MR) is 101 cm³/mol. The maximum Gasteiger partial charge on any atom is 0.253 e. The molecule has 25 heavy (non-hydrogen) atoms. The molecule has 2 rings (SSSR count). The molecule has 1 aromatic rings. The van der Waals surface area contributed by atoms with Gasteiger partial charge in [-0.25, -0.2) is 13.1 Å². The van der Waals surface area contributed by atoms with Crippen LogP contribution < -0.4 is 10.5 Å². The van der Waals surface area contributed by atoms with Crippen molar-refractivity contribution in [3.05, 3.63) is 29.8 Å². The van der Waals surface area contributed by atoms with Crippen LogP contribution in [0.25, 0.3) is 0 Å². The van der Waals surface area contributed by atoms with Gasteiger partial charge in [0.2, 0.25) is 10.0 Å². The molecular formula is C17H28ClN3O3S. The number of halogens is 1. The fourth-order valence-electron chi connectivity index (χ4n) is 2.43. The third-order valence-corrected chi connectivity index (χ3v) is 5.64. The number of hydrogen-bond donors (Lipinski definition) is 2. The fourth-order valence-corrected chi connectivity index (χ4v) is 3.59. The van der Waals surface area contributed by atoms with Crippen molar-refractivity contribution in [1.29, 1.82) is 0 Å². The minimum absolute atomic E-state index is 0. The Hall–Kier alpha value is -1.15. The average Bonchev–Trinajstić information content (AvgIpc) is 3.36. The second kappa shape index (κ2) is 8.49. The van der Waals surface area contributed by atoms with Crippen molar-refractivity contribution in [2.24, 2.45) is 17.1 Å². The summed E-state index contributed by atoms with van der Waals surface area (Å²) in [6, 6.07) is 6.17. The molecule has 1 aliphatic carbocycles. The zero-order valence-electron chi connectivity index (χ0n) is 15.0. The SMILES string of the molecule is CN(CC(C)(C)CN)C(=O)c1cccc(S(=O)(=O)NCC2CC2)c1.Cl. The van der Waals surface area contributed by atoms with Gasteiger partial charge in [-0.3, -0.25) is 4.79 Å². The first-order valence-corrected chi connectivity index (χ1v) is 9.68. The number of sulfonamides is 1. The largest absolute Gasteiger partial charge is 0.341 e. The highest BCUT2D eigenvalue weighted by Gasteiger charge is 2.25. The summed E-state index contributed by atoms with van der Waals surface area (Å²) >= 11 is 0. The lowest BCUT2D eigenvalue weighted by Gasteiger charge is -2.29. The van der Waals surface area contributed by atoms with Crippen molar-refractivity contribution in [3.63, 3.8) is 0 Å². The Morgan fingerprint density at radius 1 is 1.36 bits per heavy atom. The molecule has 0 aliphatic heterocycles. The molecule has 1 fully saturated rings. The molecule has 6 nitrogen and oxygen atoms in total. The summed E-state index contributed by atoms with van der Waals surface area (Å²) in [6.07, 6.45) is 2.14. The number of hydrogen-bond acceptors (Lipinski definition) is 4. The first-order chi connectivity index (χ1) is 11.1. The first kappa shape index (κ1) is 21.9. The third-order valence-electron chi connectivity index (χ3n) is 4.21. The van der Waals surface area contributed by atoms with Crippen LogP contribution >= 0.6 is 12.4 Å². The zero-order chi connectivity index (χ0) is 18.0. The van der Waals surface area contributed by atoms with E-state index in [9.17, 15) is 13.2 Å². The summed E-state index contributed by atoms with van der Waals surface area (Å²) in [5.41, 5.74) is 5.88. The van der Waals surface area contributed by atoms with Crippen LogP contribution in [-0.2, 0) is 10.0 Å². The van der Waals surface area contributed by atoms with Crippen LogP contribution in [0.2, 0.25) is 0 Å². The molecule has 0 atom stereocenters. The summed E-state index contributed by atoms with van der Waals surface area (Å²) in [6.45, 7) is 5.40. The molecule has 1 saturated carbocycles. The lowest BCUT2D eigenvalue weighted by Crippen LogP contribution is -2.39. The summed E-state index contributed by atoms with van der Waals surface area (Å²) < 4.78 is 27.3. The van der Waals surface area contributed by atoms with Gasteiger partial charge in [-0.2, -0.15) is 0 Å². The smallest absolute Gasteiger partial charge is 0.253 e. The number of carbonyl (C=O) groups excluding carboxylic acids is 1. The van der Waals surface area contributed by atoms with Crippen LogP contribution in [0.5, 0.6) is 0 Å². The fraction of sp³-hybridized carbons (Fsp3) is 0.588. The molecule has 8 heteroatoms. The predicted octanol–water partition coefficient (Wildman–Crippen LogP) is 1.85. The molecule has 0 aromatic heterocycles. The average molecular weight is 390 g/mol. The van der Waals surface area contributed by atoms with Gasteiger partial charge in [-0.1, -0.05) is 19.9 Å². The number of carbonyl (C=O) groups is 1. The van der Waals surface area contributed by atoms with E-state index in [2.05, 4.69) is 4.72 Å². The van der Waals surface area contributed by atoms with Crippen molar-refractivity contribution >= 4 is 28.3 Å². The second-order valence-electron chi connectivity index (χ2n) is 7.35. The molecule has 0 unspecified atom stereocenters. The van der Waals surface area contributed by atoms with E-state index in [1.165, 1.54) is 12.1 Å². The highest BCUT2D eigenvalue weighted by Crippen LogP contribution is 2.28. The normalized spacial score (nSPS) is 14.7. The van der Waals surface area contributed by atoms with Gasteiger partial charge in [-0.15, -0.1) is 12.4 Å². The molecule has 0 spiro atoms. The number of rotatable bonds is 8. The number of nitrogens with two attached hydrogens (primary N) is 1. The van der Waals surface area contributed by atoms with Crippen molar-refractivity contribution in [2.45, 2.75) is 31.6 Å². The second-order valence-corrected chi connectivity index (χ2v) is 9.12. The van der Waals surface area contributed by atoms with E-state index in [0.717, 1.165) is 12.8 Å². The van der Waals surface area contributed by atoms with Gasteiger partial charge in [0.1, 0.15) is 0 Å². The molecule has 0 heterocycles. The maximum absolute atomic E-state index is 12.6. The summed E-state index contributed by atoms with van der Waals surface area (Å²) in [5, 5.41) is 0. The standard InChI is InChI=1S/C17H27N3O3S.ClH/c1-17(2,11-18)12-20(3)16(21)14-5-4-6-15(9-14)24(22,23)19-10-13-7-8-13;/h4-6,9,13,19H,7-8,10-12,18H2,1-3H3;1H. The monoisotopic (exact) mass is 389 g/mol. The van der Waals surface area contributed by atoms with Gasteiger partial charge in [0.15, 0.2) is 0 Å². The molecule has 0 bridgehead atoms. The van der Waals surface area contributed by atoms with Gasteiger partial charge >= 0.3 is 0 Å². The highest BCUT2D eigenvalue weighted by molar-refractivity contribution is 7.89. The van der Waals surface area contributed by atoms with E-state index in [1.54, 1.807) is 24.1 Å². The Kier molecular flexibility index (Phi) is 7.43. The minimum atomic E-state index is -3.58. The quantitative estimate of drug-likeness (QED) is 0.709. The molecule has 0 saturated heterocycles. The van der Waals surface area contributed by atoms with Crippen LogP contribution in [-0.4, -0.2) is 45.9 Å². The first-order valence-electron chi connectivity index (χ1n) is 8.20. The number of benzene rings is 1.